The second kappa shape index (κ2) is 9.21. The van der Waals surface area contributed by atoms with Gasteiger partial charge in [-0.25, -0.2) is 0 Å². The van der Waals surface area contributed by atoms with Crippen molar-refractivity contribution in [3.8, 4) is 11.5 Å². The quantitative estimate of drug-likeness (QED) is 0.730. The molecule has 0 bridgehead atoms. The van der Waals surface area contributed by atoms with Gasteiger partial charge in [-0.1, -0.05) is 28.1 Å². The van der Waals surface area contributed by atoms with E-state index in [2.05, 4.69) is 26.1 Å². The van der Waals surface area contributed by atoms with Crippen molar-refractivity contribution in [2.24, 2.45) is 0 Å². The van der Waals surface area contributed by atoms with Crippen LogP contribution in [-0.2, 0) is 4.74 Å². The highest BCUT2D eigenvalue weighted by atomic mass is 79.9. The van der Waals surface area contributed by atoms with Crippen LogP contribution in [0.2, 0.25) is 0 Å². The number of carbonyl (C=O) groups is 1. The number of phenols is 1. The average molecular weight is 435 g/mol. The lowest BCUT2D eigenvalue weighted by Crippen LogP contribution is -2.43. The first-order valence-electron chi connectivity index (χ1n) is 8.81. The summed E-state index contributed by atoms with van der Waals surface area (Å²) in [6, 6.07) is 12.7. The molecule has 1 atom stereocenters. The molecule has 144 valence electrons. The van der Waals surface area contributed by atoms with E-state index >= 15 is 0 Å². The van der Waals surface area contributed by atoms with Crippen LogP contribution in [0.4, 0.5) is 0 Å². The lowest BCUT2D eigenvalue weighted by molar-refractivity contribution is 0.0162. The molecule has 1 amide bonds. The van der Waals surface area contributed by atoms with Crippen LogP contribution in [-0.4, -0.2) is 55.9 Å². The van der Waals surface area contributed by atoms with E-state index in [1.807, 2.05) is 24.3 Å². The first-order chi connectivity index (χ1) is 13.1. The molecule has 27 heavy (non-hydrogen) atoms. The number of rotatable bonds is 6. The van der Waals surface area contributed by atoms with Gasteiger partial charge in [-0.05, 0) is 35.9 Å². The fraction of sp³-hybridized carbons (Fsp3) is 0.350. The van der Waals surface area contributed by atoms with E-state index in [0.29, 0.717) is 19.8 Å². The largest absolute Gasteiger partial charge is 0.507 e. The zero-order valence-electron chi connectivity index (χ0n) is 15.2. The zero-order valence-corrected chi connectivity index (χ0v) is 16.7. The van der Waals surface area contributed by atoms with Crippen LogP contribution in [0, 0.1) is 0 Å². The summed E-state index contributed by atoms with van der Waals surface area (Å²) in [5.74, 6) is 0.450. The number of benzene rings is 2. The van der Waals surface area contributed by atoms with Gasteiger partial charge in [0.05, 0.1) is 31.9 Å². The number of ether oxygens (including phenoxy) is 2. The SMILES string of the molecule is COc1ccc(C(CNC(=O)c2cc(Br)ccc2O)N2CCOCC2)cc1. The van der Waals surface area contributed by atoms with Crippen molar-refractivity contribution in [2.45, 2.75) is 6.04 Å². The molecule has 0 aromatic heterocycles. The van der Waals surface area contributed by atoms with Gasteiger partial charge in [-0.15, -0.1) is 0 Å². The number of aromatic hydroxyl groups is 1. The van der Waals surface area contributed by atoms with Gasteiger partial charge in [0.1, 0.15) is 11.5 Å². The summed E-state index contributed by atoms with van der Waals surface area (Å²) >= 11 is 3.33. The third-order valence-electron chi connectivity index (χ3n) is 4.65. The lowest BCUT2D eigenvalue weighted by Gasteiger charge is -2.35. The molecule has 2 N–H and O–H groups in total. The van der Waals surface area contributed by atoms with E-state index in [-0.39, 0.29) is 23.3 Å². The minimum atomic E-state index is -0.305. The maximum atomic E-state index is 12.6. The van der Waals surface area contributed by atoms with Crippen molar-refractivity contribution in [1.82, 2.24) is 10.2 Å². The molecule has 1 heterocycles. The predicted molar refractivity (Wildman–Crippen MR) is 106 cm³/mol. The van der Waals surface area contributed by atoms with Crippen LogP contribution in [0.3, 0.4) is 0 Å². The number of phenolic OH excluding ortho intramolecular Hbond substituents is 1. The normalized spacial score (nSPS) is 15.9. The summed E-state index contributed by atoms with van der Waals surface area (Å²) in [7, 11) is 1.64. The summed E-state index contributed by atoms with van der Waals surface area (Å²) in [4.78, 5) is 14.9. The highest BCUT2D eigenvalue weighted by Gasteiger charge is 2.24. The fourth-order valence-corrected chi connectivity index (χ4v) is 3.51. The van der Waals surface area contributed by atoms with Crippen LogP contribution < -0.4 is 10.1 Å². The summed E-state index contributed by atoms with van der Waals surface area (Å²) in [5.41, 5.74) is 1.34. The maximum absolute atomic E-state index is 12.6. The van der Waals surface area contributed by atoms with Gasteiger partial charge in [-0.3, -0.25) is 9.69 Å². The Morgan fingerprint density at radius 2 is 1.96 bits per heavy atom. The third-order valence-corrected chi connectivity index (χ3v) is 5.14. The van der Waals surface area contributed by atoms with E-state index in [4.69, 9.17) is 9.47 Å². The fourth-order valence-electron chi connectivity index (χ4n) is 3.15. The Balaban J connectivity index is 1.76. The molecule has 0 radical (unpaired) electrons. The number of carbonyl (C=O) groups excluding carboxylic acids is 1. The van der Waals surface area contributed by atoms with Gasteiger partial charge < -0.3 is 19.9 Å². The number of amides is 1. The van der Waals surface area contributed by atoms with Gasteiger partial charge in [-0.2, -0.15) is 0 Å². The van der Waals surface area contributed by atoms with E-state index in [0.717, 1.165) is 28.9 Å². The lowest BCUT2D eigenvalue weighted by atomic mass is 10.0. The van der Waals surface area contributed by atoms with Crippen LogP contribution >= 0.6 is 15.9 Å². The van der Waals surface area contributed by atoms with E-state index < -0.39 is 0 Å². The molecule has 2 aromatic carbocycles. The molecule has 1 aliphatic heterocycles. The number of hydrogen-bond acceptors (Lipinski definition) is 5. The van der Waals surface area contributed by atoms with Gasteiger partial charge in [0.15, 0.2) is 0 Å². The highest BCUT2D eigenvalue weighted by molar-refractivity contribution is 9.10. The summed E-state index contributed by atoms with van der Waals surface area (Å²) in [6.45, 7) is 3.38. The Bertz CT molecular complexity index is 776. The molecule has 1 unspecified atom stereocenters. The van der Waals surface area contributed by atoms with Crippen LogP contribution in [0.25, 0.3) is 0 Å². The molecule has 0 spiro atoms. The predicted octanol–water partition coefficient (Wildman–Crippen LogP) is 2.97. The first kappa shape index (κ1) is 19.7. The van der Waals surface area contributed by atoms with Crippen LogP contribution in [0.1, 0.15) is 22.0 Å². The van der Waals surface area contributed by atoms with E-state index in [1.165, 1.54) is 6.07 Å². The number of halogens is 1. The molecule has 1 aliphatic rings. The standard InChI is InChI=1S/C20H23BrN2O4/c1-26-16-5-2-14(3-6-16)18(23-8-10-27-11-9-23)13-22-20(25)17-12-15(21)4-7-19(17)24/h2-7,12,18,24H,8-11,13H2,1H3,(H,22,25). The Kier molecular flexibility index (Phi) is 6.71. The molecule has 3 rings (SSSR count). The second-order valence-corrected chi connectivity index (χ2v) is 7.22. The summed E-state index contributed by atoms with van der Waals surface area (Å²) < 4.78 is 11.4. The minimum absolute atomic E-state index is 0.0121. The Morgan fingerprint density at radius 3 is 2.63 bits per heavy atom. The topological polar surface area (TPSA) is 71.0 Å². The maximum Gasteiger partial charge on any atom is 0.255 e. The Hall–Kier alpha value is -2.09. The number of morpholine rings is 1. The molecule has 0 aliphatic carbocycles. The molecule has 2 aromatic rings. The van der Waals surface area contributed by atoms with Crippen LogP contribution in [0.5, 0.6) is 11.5 Å². The van der Waals surface area contributed by atoms with Crippen molar-refractivity contribution in [3.05, 3.63) is 58.1 Å². The smallest absolute Gasteiger partial charge is 0.255 e. The van der Waals surface area contributed by atoms with Gasteiger partial charge in [0.25, 0.3) is 5.91 Å². The molecular weight excluding hydrogens is 412 g/mol. The van der Waals surface area contributed by atoms with Gasteiger partial charge in [0.2, 0.25) is 0 Å². The highest BCUT2D eigenvalue weighted by Crippen LogP contribution is 2.25. The van der Waals surface area contributed by atoms with Crippen molar-refractivity contribution < 1.29 is 19.4 Å². The van der Waals surface area contributed by atoms with Crippen LogP contribution in [0.15, 0.2) is 46.9 Å². The molecule has 0 saturated carbocycles. The first-order valence-corrected chi connectivity index (χ1v) is 9.60. The third kappa shape index (κ3) is 5.00. The number of nitrogens with zero attached hydrogens (tertiary/aromatic N) is 1. The van der Waals surface area contributed by atoms with Crippen molar-refractivity contribution in [3.63, 3.8) is 0 Å². The van der Waals surface area contributed by atoms with Crippen molar-refractivity contribution >= 4 is 21.8 Å². The molecule has 6 nitrogen and oxygen atoms in total. The van der Waals surface area contributed by atoms with E-state index in [1.54, 1.807) is 19.2 Å². The van der Waals surface area contributed by atoms with Crippen molar-refractivity contribution in [1.29, 1.82) is 0 Å². The summed E-state index contributed by atoms with van der Waals surface area (Å²) in [5, 5.41) is 12.9. The van der Waals surface area contributed by atoms with Crippen molar-refractivity contribution in [2.75, 3.05) is 40.0 Å². The number of nitrogens with one attached hydrogen (secondary N) is 1. The van der Waals surface area contributed by atoms with Gasteiger partial charge >= 0.3 is 0 Å². The number of methoxy groups -OCH3 is 1. The minimum Gasteiger partial charge on any atom is -0.507 e. The average Bonchev–Trinajstić information content (AvgIpc) is 2.71. The van der Waals surface area contributed by atoms with E-state index in [9.17, 15) is 9.90 Å². The summed E-state index contributed by atoms with van der Waals surface area (Å²) in [6.07, 6.45) is 0. The Morgan fingerprint density at radius 1 is 1.26 bits per heavy atom. The molecule has 7 heteroatoms. The number of hydrogen-bond donors (Lipinski definition) is 2. The molecular formula is C20H23BrN2O4. The second-order valence-electron chi connectivity index (χ2n) is 6.31. The van der Waals surface area contributed by atoms with Gasteiger partial charge in [0, 0.05) is 24.1 Å². The zero-order chi connectivity index (χ0) is 19.2. The molecule has 1 saturated heterocycles. The Labute approximate surface area is 167 Å². The monoisotopic (exact) mass is 434 g/mol. The molecule has 1 fully saturated rings.